The van der Waals surface area contributed by atoms with Crippen molar-refractivity contribution in [1.82, 2.24) is 14.8 Å². The Bertz CT molecular complexity index is 986. The number of nitrogens with one attached hydrogen (secondary N) is 1. The summed E-state index contributed by atoms with van der Waals surface area (Å²) in [4.78, 5) is 12.6. The largest absolute Gasteiger partial charge is 0.334 e. The van der Waals surface area contributed by atoms with Crippen LogP contribution in [0.25, 0.3) is 0 Å². The molecule has 0 unspecified atom stereocenters. The van der Waals surface area contributed by atoms with Gasteiger partial charge in [-0.25, -0.2) is 0 Å². The highest BCUT2D eigenvalue weighted by molar-refractivity contribution is 9.10. The second-order valence-corrected chi connectivity index (χ2v) is 7.84. The minimum Gasteiger partial charge on any atom is -0.334 e. The van der Waals surface area contributed by atoms with Crippen LogP contribution in [0.4, 0.5) is 11.5 Å². The number of hydrogen-bond acceptors (Lipinski definition) is 5. The van der Waals surface area contributed by atoms with E-state index in [1.807, 2.05) is 56.3 Å². The average molecular weight is 431 g/mol. The molecule has 0 bridgehead atoms. The summed E-state index contributed by atoms with van der Waals surface area (Å²) in [5.74, 6) is 0.952. The number of anilines is 2. The predicted molar refractivity (Wildman–Crippen MR) is 110 cm³/mol. The van der Waals surface area contributed by atoms with Crippen molar-refractivity contribution in [3.63, 3.8) is 0 Å². The maximum atomic E-state index is 12.6. The van der Waals surface area contributed by atoms with Crippen LogP contribution in [-0.4, -0.2) is 14.8 Å². The van der Waals surface area contributed by atoms with Crippen molar-refractivity contribution in [2.45, 2.75) is 24.8 Å². The number of nitrogens with zero attached hydrogens (tertiary/aromatic N) is 3. The zero-order valence-corrected chi connectivity index (χ0v) is 17.2. The Morgan fingerprint density at radius 3 is 2.58 bits per heavy atom. The van der Waals surface area contributed by atoms with Crippen molar-refractivity contribution in [3.05, 3.63) is 74.0 Å². The number of aromatic nitrogens is 3. The van der Waals surface area contributed by atoms with Gasteiger partial charge in [-0.05, 0) is 48.7 Å². The van der Waals surface area contributed by atoms with Crippen molar-refractivity contribution in [2.24, 2.45) is 7.05 Å². The van der Waals surface area contributed by atoms with Crippen LogP contribution in [-0.2, 0) is 12.8 Å². The lowest BCUT2D eigenvalue weighted by atomic mass is 10.1. The van der Waals surface area contributed by atoms with E-state index in [0.29, 0.717) is 5.16 Å². The summed E-state index contributed by atoms with van der Waals surface area (Å²) in [6.45, 7) is 4.05. The van der Waals surface area contributed by atoms with E-state index in [1.165, 1.54) is 16.3 Å². The summed E-state index contributed by atoms with van der Waals surface area (Å²) in [6, 6.07) is 14.0. The molecule has 0 radical (unpaired) electrons. The molecule has 3 aromatic rings. The molecule has 0 fully saturated rings. The van der Waals surface area contributed by atoms with Gasteiger partial charge in [0.15, 0.2) is 5.16 Å². The first-order chi connectivity index (χ1) is 12.5. The van der Waals surface area contributed by atoms with E-state index in [1.54, 1.807) is 7.05 Å². The highest BCUT2D eigenvalue weighted by atomic mass is 79.9. The zero-order chi connectivity index (χ0) is 18.7. The lowest BCUT2D eigenvalue weighted by Crippen LogP contribution is -2.24. The average Bonchev–Trinajstić information content (AvgIpc) is 2.63. The molecule has 7 heteroatoms. The summed E-state index contributed by atoms with van der Waals surface area (Å²) in [7, 11) is 1.72. The van der Waals surface area contributed by atoms with Gasteiger partial charge in [0.2, 0.25) is 5.82 Å². The Kier molecular flexibility index (Phi) is 5.78. The minimum atomic E-state index is -0.195. The molecule has 0 aliphatic heterocycles. The molecule has 0 saturated carbocycles. The molecule has 1 N–H and O–H groups in total. The Morgan fingerprint density at radius 1 is 1.12 bits per heavy atom. The topological polar surface area (TPSA) is 59.8 Å². The van der Waals surface area contributed by atoms with Crippen LogP contribution in [0.2, 0.25) is 0 Å². The number of hydrogen-bond donors (Lipinski definition) is 1. The van der Waals surface area contributed by atoms with Crippen LogP contribution in [0, 0.1) is 13.8 Å². The monoisotopic (exact) mass is 430 g/mol. The van der Waals surface area contributed by atoms with Crippen LogP contribution < -0.4 is 10.9 Å². The van der Waals surface area contributed by atoms with Gasteiger partial charge in [-0.15, -0.1) is 10.2 Å². The van der Waals surface area contributed by atoms with Gasteiger partial charge in [0.05, 0.1) is 0 Å². The smallest absolute Gasteiger partial charge is 0.297 e. The number of aryl methyl sites for hydroxylation is 1. The van der Waals surface area contributed by atoms with Gasteiger partial charge >= 0.3 is 0 Å². The molecule has 0 atom stereocenters. The maximum absolute atomic E-state index is 12.6. The van der Waals surface area contributed by atoms with E-state index in [2.05, 4.69) is 31.4 Å². The van der Waals surface area contributed by atoms with Crippen molar-refractivity contribution < 1.29 is 0 Å². The molecule has 0 saturated heterocycles. The van der Waals surface area contributed by atoms with Crippen molar-refractivity contribution >= 4 is 39.2 Å². The summed E-state index contributed by atoms with van der Waals surface area (Å²) >= 11 is 4.91. The van der Waals surface area contributed by atoms with Crippen molar-refractivity contribution in [1.29, 1.82) is 0 Å². The molecular formula is C19H19BrN4OS. The highest BCUT2D eigenvalue weighted by Crippen LogP contribution is 2.22. The third-order valence-electron chi connectivity index (χ3n) is 4.17. The first-order valence-electron chi connectivity index (χ1n) is 8.10. The zero-order valence-electron chi connectivity index (χ0n) is 14.8. The standard InChI is InChI=1S/C19H19BrN4OS/c1-12-5-4-6-16(13(12)2)21-17-18(25)24(3)19(23-22-17)26-11-14-7-9-15(20)10-8-14/h4-10H,11H2,1-3H3,(H,21,22). The quantitative estimate of drug-likeness (QED) is 0.599. The van der Waals surface area contributed by atoms with E-state index in [9.17, 15) is 4.79 Å². The molecule has 2 aromatic carbocycles. The van der Waals surface area contributed by atoms with E-state index in [-0.39, 0.29) is 11.4 Å². The summed E-state index contributed by atoms with van der Waals surface area (Å²) < 4.78 is 2.57. The number of thioether (sulfide) groups is 1. The lowest BCUT2D eigenvalue weighted by molar-refractivity contribution is 0.666. The van der Waals surface area contributed by atoms with Gasteiger partial charge < -0.3 is 5.32 Å². The molecule has 0 spiro atoms. The molecular weight excluding hydrogens is 412 g/mol. The molecule has 0 aliphatic rings. The van der Waals surface area contributed by atoms with Gasteiger partial charge in [-0.1, -0.05) is 52.0 Å². The first kappa shape index (κ1) is 18.7. The van der Waals surface area contributed by atoms with Gasteiger partial charge in [0.25, 0.3) is 5.56 Å². The highest BCUT2D eigenvalue weighted by Gasteiger charge is 2.11. The Balaban J connectivity index is 1.79. The van der Waals surface area contributed by atoms with Gasteiger partial charge in [0.1, 0.15) is 0 Å². The third-order valence-corrected chi connectivity index (χ3v) is 5.79. The lowest BCUT2D eigenvalue weighted by Gasteiger charge is -2.12. The minimum absolute atomic E-state index is 0.195. The van der Waals surface area contributed by atoms with Crippen LogP contribution >= 0.6 is 27.7 Å². The number of rotatable bonds is 5. The molecule has 0 amide bonds. The van der Waals surface area contributed by atoms with Gasteiger partial charge in [-0.3, -0.25) is 9.36 Å². The van der Waals surface area contributed by atoms with Gasteiger partial charge in [0, 0.05) is 23.0 Å². The summed E-state index contributed by atoms with van der Waals surface area (Å²) in [5.41, 5.74) is 4.07. The van der Waals surface area contributed by atoms with Crippen LogP contribution in [0.5, 0.6) is 0 Å². The Labute approximate surface area is 165 Å². The Hall–Kier alpha value is -2.12. The number of halogens is 1. The SMILES string of the molecule is Cc1cccc(Nc2nnc(SCc3ccc(Br)cc3)n(C)c2=O)c1C. The molecule has 1 aromatic heterocycles. The fourth-order valence-corrected chi connectivity index (χ4v) is 3.52. The summed E-state index contributed by atoms with van der Waals surface area (Å²) in [5, 5.41) is 12.0. The van der Waals surface area contributed by atoms with E-state index < -0.39 is 0 Å². The molecule has 3 rings (SSSR count). The molecule has 5 nitrogen and oxygen atoms in total. The first-order valence-corrected chi connectivity index (χ1v) is 9.88. The molecule has 1 heterocycles. The normalized spacial score (nSPS) is 10.8. The van der Waals surface area contributed by atoms with E-state index in [4.69, 9.17) is 0 Å². The third kappa shape index (κ3) is 4.16. The van der Waals surface area contributed by atoms with Crippen molar-refractivity contribution in [3.8, 4) is 0 Å². The van der Waals surface area contributed by atoms with Crippen molar-refractivity contribution in [2.75, 3.05) is 5.32 Å². The second-order valence-electron chi connectivity index (χ2n) is 5.98. The van der Waals surface area contributed by atoms with Gasteiger partial charge in [-0.2, -0.15) is 0 Å². The van der Waals surface area contributed by atoms with E-state index in [0.717, 1.165) is 32.6 Å². The van der Waals surface area contributed by atoms with Crippen LogP contribution in [0.15, 0.2) is 56.9 Å². The molecule has 134 valence electrons. The maximum Gasteiger partial charge on any atom is 0.297 e. The van der Waals surface area contributed by atoms with E-state index >= 15 is 0 Å². The van der Waals surface area contributed by atoms with Crippen LogP contribution in [0.3, 0.4) is 0 Å². The molecule has 0 aliphatic carbocycles. The fourth-order valence-electron chi connectivity index (χ4n) is 2.40. The summed E-state index contributed by atoms with van der Waals surface area (Å²) in [6.07, 6.45) is 0. The predicted octanol–water partition coefficient (Wildman–Crippen LogP) is 4.59. The second kappa shape index (κ2) is 8.05. The Morgan fingerprint density at radius 2 is 1.85 bits per heavy atom. The molecule has 26 heavy (non-hydrogen) atoms. The number of benzene rings is 2. The van der Waals surface area contributed by atoms with Crippen LogP contribution in [0.1, 0.15) is 16.7 Å². The fraction of sp³-hybridized carbons (Fsp3) is 0.211.